The average Bonchev–Trinajstić information content (AvgIpc) is 2.55. The highest BCUT2D eigenvalue weighted by Gasteiger charge is 2.28. The zero-order valence-corrected chi connectivity index (χ0v) is 13.8. The molecular formula is C20H22O3. The Hall–Kier alpha value is -2.42. The summed E-state index contributed by atoms with van der Waals surface area (Å²) in [5.74, 6) is 0.167. The van der Waals surface area contributed by atoms with E-state index in [-0.39, 0.29) is 11.8 Å². The van der Waals surface area contributed by atoms with Gasteiger partial charge in [-0.2, -0.15) is 0 Å². The van der Waals surface area contributed by atoms with Crippen LogP contribution in [0.5, 0.6) is 5.75 Å². The summed E-state index contributed by atoms with van der Waals surface area (Å²) in [5.41, 5.74) is 0.706. The van der Waals surface area contributed by atoms with Crippen LogP contribution in [0.4, 0.5) is 0 Å². The van der Waals surface area contributed by atoms with Gasteiger partial charge in [0.1, 0.15) is 5.75 Å². The lowest BCUT2D eigenvalue weighted by Gasteiger charge is -2.21. The fourth-order valence-electron chi connectivity index (χ4n) is 2.40. The minimum absolute atomic E-state index is 0.0465. The Morgan fingerprint density at radius 2 is 1.48 bits per heavy atom. The van der Waals surface area contributed by atoms with E-state index in [9.17, 15) is 9.59 Å². The van der Waals surface area contributed by atoms with E-state index in [0.717, 1.165) is 12.8 Å². The molecule has 0 aliphatic rings. The molecule has 0 atom stereocenters. The minimum atomic E-state index is -0.507. The van der Waals surface area contributed by atoms with Crippen molar-refractivity contribution in [3.05, 3.63) is 65.7 Å². The molecule has 0 N–H and O–H groups in total. The maximum absolute atomic E-state index is 12.3. The lowest BCUT2D eigenvalue weighted by Crippen LogP contribution is -2.28. The van der Waals surface area contributed by atoms with Gasteiger partial charge < -0.3 is 4.74 Å². The molecule has 0 aliphatic carbocycles. The first kappa shape index (κ1) is 16.9. The molecular weight excluding hydrogens is 288 g/mol. The Morgan fingerprint density at radius 3 is 2.04 bits per heavy atom. The van der Waals surface area contributed by atoms with Crippen molar-refractivity contribution in [3.63, 3.8) is 0 Å². The fourth-order valence-corrected chi connectivity index (χ4v) is 2.40. The van der Waals surface area contributed by atoms with Crippen LogP contribution in [0.15, 0.2) is 54.6 Å². The molecule has 23 heavy (non-hydrogen) atoms. The first-order valence-corrected chi connectivity index (χ1v) is 7.86. The zero-order valence-electron chi connectivity index (χ0n) is 13.8. The quantitative estimate of drug-likeness (QED) is 0.443. The van der Waals surface area contributed by atoms with E-state index in [1.807, 2.05) is 39.0 Å². The Kier molecular flexibility index (Phi) is 5.32. The second-order valence-electron chi connectivity index (χ2n) is 6.24. The van der Waals surface area contributed by atoms with Gasteiger partial charge in [0, 0.05) is 11.1 Å². The number of hydrogen-bond donors (Lipinski definition) is 0. The highest BCUT2D eigenvalue weighted by molar-refractivity contribution is 6.09. The van der Waals surface area contributed by atoms with Crippen molar-refractivity contribution in [1.29, 1.82) is 0 Å². The largest absolute Gasteiger partial charge is 0.426 e. The normalized spacial score (nSPS) is 11.1. The number of carbonyl (C=O) groups excluding carboxylic acids is 2. The molecule has 0 spiro atoms. The standard InChI is InChI=1S/C20H22O3/c1-4-14-20(2,3)19(22)23-17-12-10-16(11-13-17)18(21)15-8-6-5-7-9-15/h5-13H,4,14H2,1-3H3. The van der Waals surface area contributed by atoms with Gasteiger partial charge in [0.2, 0.25) is 0 Å². The summed E-state index contributed by atoms with van der Waals surface area (Å²) in [5, 5.41) is 0. The van der Waals surface area contributed by atoms with Gasteiger partial charge in [-0.15, -0.1) is 0 Å². The van der Waals surface area contributed by atoms with E-state index < -0.39 is 5.41 Å². The van der Waals surface area contributed by atoms with Crippen molar-refractivity contribution < 1.29 is 14.3 Å². The zero-order chi connectivity index (χ0) is 16.9. The van der Waals surface area contributed by atoms with Crippen molar-refractivity contribution in [2.75, 3.05) is 0 Å². The molecule has 0 saturated heterocycles. The van der Waals surface area contributed by atoms with Crippen molar-refractivity contribution in [2.24, 2.45) is 5.41 Å². The average molecular weight is 310 g/mol. The van der Waals surface area contributed by atoms with Crippen LogP contribution in [-0.2, 0) is 4.79 Å². The predicted octanol–water partition coefficient (Wildman–Crippen LogP) is 4.65. The molecule has 0 fully saturated rings. The van der Waals surface area contributed by atoms with Crippen LogP contribution in [-0.4, -0.2) is 11.8 Å². The molecule has 2 rings (SSSR count). The summed E-state index contributed by atoms with van der Waals surface area (Å²) in [6, 6.07) is 15.8. The van der Waals surface area contributed by atoms with Crippen LogP contribution >= 0.6 is 0 Å². The minimum Gasteiger partial charge on any atom is -0.426 e. The van der Waals surface area contributed by atoms with Crippen LogP contribution in [0.3, 0.4) is 0 Å². The summed E-state index contributed by atoms with van der Waals surface area (Å²) in [6.45, 7) is 5.80. The number of ketones is 1. The van der Waals surface area contributed by atoms with Crippen molar-refractivity contribution >= 4 is 11.8 Å². The van der Waals surface area contributed by atoms with Gasteiger partial charge in [-0.1, -0.05) is 43.7 Å². The molecule has 120 valence electrons. The van der Waals surface area contributed by atoms with E-state index >= 15 is 0 Å². The van der Waals surface area contributed by atoms with Gasteiger partial charge >= 0.3 is 5.97 Å². The molecule has 3 nitrogen and oxygen atoms in total. The molecule has 0 unspecified atom stereocenters. The highest BCUT2D eigenvalue weighted by Crippen LogP contribution is 2.25. The van der Waals surface area contributed by atoms with Gasteiger partial charge in [-0.3, -0.25) is 9.59 Å². The molecule has 0 radical (unpaired) electrons. The third-order valence-corrected chi connectivity index (χ3v) is 3.79. The smallest absolute Gasteiger partial charge is 0.316 e. The fraction of sp³-hybridized carbons (Fsp3) is 0.300. The third-order valence-electron chi connectivity index (χ3n) is 3.79. The van der Waals surface area contributed by atoms with Crippen molar-refractivity contribution in [1.82, 2.24) is 0 Å². The second-order valence-corrected chi connectivity index (χ2v) is 6.24. The molecule has 0 bridgehead atoms. The first-order chi connectivity index (χ1) is 10.9. The van der Waals surface area contributed by atoms with Gasteiger partial charge in [-0.25, -0.2) is 0 Å². The maximum atomic E-state index is 12.3. The van der Waals surface area contributed by atoms with Gasteiger partial charge in [-0.05, 0) is 44.5 Å². The van der Waals surface area contributed by atoms with E-state index in [1.54, 1.807) is 36.4 Å². The number of ether oxygens (including phenoxy) is 1. The number of esters is 1. The predicted molar refractivity (Wildman–Crippen MR) is 90.6 cm³/mol. The Morgan fingerprint density at radius 1 is 0.913 bits per heavy atom. The second kappa shape index (κ2) is 7.23. The van der Waals surface area contributed by atoms with Crippen LogP contribution in [0.1, 0.15) is 49.5 Å². The van der Waals surface area contributed by atoms with Crippen LogP contribution < -0.4 is 4.74 Å². The molecule has 0 amide bonds. The van der Waals surface area contributed by atoms with Crippen LogP contribution in [0, 0.1) is 5.41 Å². The molecule has 2 aromatic carbocycles. The lowest BCUT2D eigenvalue weighted by molar-refractivity contribution is -0.144. The highest BCUT2D eigenvalue weighted by atomic mass is 16.5. The van der Waals surface area contributed by atoms with E-state index in [4.69, 9.17) is 4.74 Å². The van der Waals surface area contributed by atoms with Gasteiger partial charge in [0.05, 0.1) is 5.41 Å². The summed E-state index contributed by atoms with van der Waals surface area (Å²) in [4.78, 5) is 24.5. The third kappa shape index (κ3) is 4.28. The first-order valence-electron chi connectivity index (χ1n) is 7.86. The molecule has 0 saturated carbocycles. The summed E-state index contributed by atoms with van der Waals surface area (Å²) < 4.78 is 5.42. The number of carbonyl (C=O) groups is 2. The number of benzene rings is 2. The van der Waals surface area contributed by atoms with Crippen LogP contribution in [0.25, 0.3) is 0 Å². The summed E-state index contributed by atoms with van der Waals surface area (Å²) in [7, 11) is 0. The monoisotopic (exact) mass is 310 g/mol. The van der Waals surface area contributed by atoms with E-state index in [2.05, 4.69) is 0 Å². The Balaban J connectivity index is 2.08. The Bertz CT molecular complexity index is 670. The SMILES string of the molecule is CCCC(C)(C)C(=O)Oc1ccc(C(=O)c2ccccc2)cc1. The lowest BCUT2D eigenvalue weighted by atomic mass is 9.88. The molecule has 0 aromatic heterocycles. The van der Waals surface area contributed by atoms with E-state index in [0.29, 0.717) is 16.9 Å². The summed E-state index contributed by atoms with van der Waals surface area (Å²) in [6.07, 6.45) is 1.70. The maximum Gasteiger partial charge on any atom is 0.316 e. The molecule has 3 heteroatoms. The molecule has 2 aromatic rings. The van der Waals surface area contributed by atoms with Gasteiger partial charge in [0.15, 0.2) is 5.78 Å². The Labute approximate surface area is 137 Å². The van der Waals surface area contributed by atoms with Crippen LogP contribution in [0.2, 0.25) is 0 Å². The molecule has 0 heterocycles. The molecule has 0 aliphatic heterocycles. The van der Waals surface area contributed by atoms with E-state index in [1.165, 1.54) is 0 Å². The van der Waals surface area contributed by atoms with Crippen molar-refractivity contribution in [3.8, 4) is 5.75 Å². The number of rotatable bonds is 6. The summed E-state index contributed by atoms with van der Waals surface area (Å²) >= 11 is 0. The van der Waals surface area contributed by atoms with Gasteiger partial charge in [0.25, 0.3) is 0 Å². The number of hydrogen-bond acceptors (Lipinski definition) is 3. The van der Waals surface area contributed by atoms with Crippen molar-refractivity contribution in [2.45, 2.75) is 33.6 Å². The topological polar surface area (TPSA) is 43.4 Å².